The quantitative estimate of drug-likeness (QED) is 0.856. The summed E-state index contributed by atoms with van der Waals surface area (Å²) in [7, 11) is 0. The van der Waals surface area contributed by atoms with Crippen molar-refractivity contribution in [3.63, 3.8) is 0 Å². The number of benzene rings is 1. The molecule has 0 amide bonds. The summed E-state index contributed by atoms with van der Waals surface area (Å²) in [6.45, 7) is 5.13. The van der Waals surface area contributed by atoms with Crippen molar-refractivity contribution in [2.75, 3.05) is 37.7 Å². The lowest BCUT2D eigenvalue weighted by Gasteiger charge is -2.36. The van der Waals surface area contributed by atoms with Crippen molar-refractivity contribution in [3.8, 4) is 0 Å². The van der Waals surface area contributed by atoms with E-state index in [-0.39, 0.29) is 0 Å². The SMILES string of the molecule is OC1(CNCc2ccc(N3CCOCC3)cc2)CCC1. The van der Waals surface area contributed by atoms with E-state index in [0.29, 0.717) is 6.54 Å². The number of hydrogen-bond acceptors (Lipinski definition) is 4. The molecule has 0 spiro atoms. The number of ether oxygens (including phenoxy) is 1. The maximum absolute atomic E-state index is 10.0. The Hall–Kier alpha value is -1.10. The lowest BCUT2D eigenvalue weighted by molar-refractivity contribution is -0.0314. The van der Waals surface area contributed by atoms with Crippen molar-refractivity contribution >= 4 is 5.69 Å². The van der Waals surface area contributed by atoms with Crippen LogP contribution in [0, 0.1) is 0 Å². The smallest absolute Gasteiger partial charge is 0.0771 e. The van der Waals surface area contributed by atoms with Crippen LogP contribution in [0.3, 0.4) is 0 Å². The van der Waals surface area contributed by atoms with Gasteiger partial charge in [0.2, 0.25) is 0 Å². The number of morpholine rings is 1. The van der Waals surface area contributed by atoms with Gasteiger partial charge in [0.25, 0.3) is 0 Å². The average Bonchev–Trinajstić information content (AvgIpc) is 2.47. The summed E-state index contributed by atoms with van der Waals surface area (Å²) in [5.74, 6) is 0. The molecule has 4 heteroatoms. The zero-order valence-electron chi connectivity index (χ0n) is 12.0. The normalized spacial score (nSPS) is 21.6. The van der Waals surface area contributed by atoms with Crippen LogP contribution >= 0.6 is 0 Å². The number of anilines is 1. The van der Waals surface area contributed by atoms with Gasteiger partial charge < -0.3 is 20.1 Å². The summed E-state index contributed by atoms with van der Waals surface area (Å²) in [5, 5.41) is 13.4. The third kappa shape index (κ3) is 3.32. The number of rotatable bonds is 5. The Balaban J connectivity index is 1.48. The first-order valence-electron chi connectivity index (χ1n) is 7.60. The van der Waals surface area contributed by atoms with E-state index < -0.39 is 5.60 Å². The molecule has 1 saturated heterocycles. The molecule has 20 heavy (non-hydrogen) atoms. The van der Waals surface area contributed by atoms with E-state index in [0.717, 1.165) is 52.1 Å². The van der Waals surface area contributed by atoms with Crippen molar-refractivity contribution < 1.29 is 9.84 Å². The van der Waals surface area contributed by atoms with Crippen LogP contribution in [0.2, 0.25) is 0 Å². The van der Waals surface area contributed by atoms with Crippen LogP contribution in [0.4, 0.5) is 5.69 Å². The van der Waals surface area contributed by atoms with E-state index in [1.165, 1.54) is 11.3 Å². The average molecular weight is 276 g/mol. The Labute approximate surface area is 120 Å². The lowest BCUT2D eigenvalue weighted by Crippen LogP contribution is -2.45. The minimum atomic E-state index is -0.437. The van der Waals surface area contributed by atoms with Crippen molar-refractivity contribution in [3.05, 3.63) is 29.8 Å². The van der Waals surface area contributed by atoms with Gasteiger partial charge in [-0.3, -0.25) is 0 Å². The molecule has 3 rings (SSSR count). The summed E-state index contributed by atoms with van der Waals surface area (Å²) in [4.78, 5) is 2.36. The van der Waals surface area contributed by atoms with Crippen molar-refractivity contribution in [1.29, 1.82) is 0 Å². The fourth-order valence-corrected chi connectivity index (χ4v) is 2.85. The first kappa shape index (κ1) is 13.9. The van der Waals surface area contributed by atoms with Crippen molar-refractivity contribution in [2.24, 2.45) is 0 Å². The van der Waals surface area contributed by atoms with E-state index in [1.807, 2.05) is 0 Å². The van der Waals surface area contributed by atoms with Crippen LogP contribution in [0.25, 0.3) is 0 Å². The Morgan fingerprint density at radius 1 is 1.15 bits per heavy atom. The maximum Gasteiger partial charge on any atom is 0.0771 e. The lowest BCUT2D eigenvalue weighted by atomic mass is 9.80. The highest BCUT2D eigenvalue weighted by Crippen LogP contribution is 2.30. The number of nitrogens with zero attached hydrogens (tertiary/aromatic N) is 1. The highest BCUT2D eigenvalue weighted by Gasteiger charge is 2.33. The topological polar surface area (TPSA) is 44.7 Å². The highest BCUT2D eigenvalue weighted by atomic mass is 16.5. The molecule has 0 bridgehead atoms. The van der Waals surface area contributed by atoms with Gasteiger partial charge in [0, 0.05) is 31.9 Å². The molecule has 1 aromatic rings. The van der Waals surface area contributed by atoms with Gasteiger partial charge in [-0.1, -0.05) is 12.1 Å². The zero-order chi connectivity index (χ0) is 13.8. The fraction of sp³-hybridized carbons (Fsp3) is 0.625. The molecule has 1 aromatic carbocycles. The molecule has 0 radical (unpaired) electrons. The number of aliphatic hydroxyl groups is 1. The molecule has 0 aromatic heterocycles. The van der Waals surface area contributed by atoms with Gasteiger partial charge in [-0.15, -0.1) is 0 Å². The van der Waals surface area contributed by atoms with Crippen LogP contribution in [0.1, 0.15) is 24.8 Å². The van der Waals surface area contributed by atoms with Crippen molar-refractivity contribution in [2.45, 2.75) is 31.4 Å². The third-order valence-electron chi connectivity index (χ3n) is 4.38. The van der Waals surface area contributed by atoms with E-state index in [4.69, 9.17) is 4.74 Å². The van der Waals surface area contributed by atoms with Gasteiger partial charge in [0.05, 0.1) is 18.8 Å². The minimum absolute atomic E-state index is 0.437. The molecule has 0 unspecified atom stereocenters. The van der Waals surface area contributed by atoms with Crippen LogP contribution in [-0.4, -0.2) is 43.6 Å². The fourth-order valence-electron chi connectivity index (χ4n) is 2.85. The summed E-state index contributed by atoms with van der Waals surface area (Å²) in [6.07, 6.45) is 3.04. The summed E-state index contributed by atoms with van der Waals surface area (Å²) in [6, 6.07) is 8.70. The summed E-state index contributed by atoms with van der Waals surface area (Å²) < 4.78 is 5.37. The van der Waals surface area contributed by atoms with Gasteiger partial charge >= 0.3 is 0 Å². The Morgan fingerprint density at radius 3 is 2.45 bits per heavy atom. The maximum atomic E-state index is 10.0. The largest absolute Gasteiger partial charge is 0.389 e. The predicted octanol–water partition coefficient (Wildman–Crippen LogP) is 1.53. The van der Waals surface area contributed by atoms with E-state index in [9.17, 15) is 5.11 Å². The molecule has 1 aliphatic heterocycles. The van der Waals surface area contributed by atoms with Gasteiger partial charge in [-0.25, -0.2) is 0 Å². The first-order valence-corrected chi connectivity index (χ1v) is 7.60. The van der Waals surface area contributed by atoms with E-state index in [1.54, 1.807) is 0 Å². The monoisotopic (exact) mass is 276 g/mol. The number of hydrogen-bond donors (Lipinski definition) is 2. The first-order chi connectivity index (χ1) is 9.75. The molecule has 4 nitrogen and oxygen atoms in total. The Bertz CT molecular complexity index is 423. The molecule has 2 aliphatic rings. The van der Waals surface area contributed by atoms with Crippen molar-refractivity contribution in [1.82, 2.24) is 5.32 Å². The summed E-state index contributed by atoms with van der Waals surface area (Å²) >= 11 is 0. The molecular formula is C16H24N2O2. The third-order valence-corrected chi connectivity index (χ3v) is 4.38. The van der Waals surface area contributed by atoms with Crippen LogP contribution in [0.15, 0.2) is 24.3 Å². The molecule has 0 atom stereocenters. The standard InChI is InChI=1S/C16H24N2O2/c19-16(6-1-7-16)13-17-12-14-2-4-15(5-3-14)18-8-10-20-11-9-18/h2-5,17,19H,1,6-13H2. The molecule has 1 saturated carbocycles. The van der Waals surface area contributed by atoms with Crippen LogP contribution in [-0.2, 0) is 11.3 Å². The van der Waals surface area contributed by atoms with Gasteiger partial charge in [-0.2, -0.15) is 0 Å². The van der Waals surface area contributed by atoms with Crippen LogP contribution in [0.5, 0.6) is 0 Å². The van der Waals surface area contributed by atoms with Crippen LogP contribution < -0.4 is 10.2 Å². The minimum Gasteiger partial charge on any atom is -0.389 e. The molecule has 2 N–H and O–H groups in total. The molecule has 1 heterocycles. The van der Waals surface area contributed by atoms with E-state index >= 15 is 0 Å². The molecule has 1 aliphatic carbocycles. The van der Waals surface area contributed by atoms with Gasteiger partial charge in [-0.05, 0) is 37.0 Å². The zero-order valence-corrected chi connectivity index (χ0v) is 12.0. The Morgan fingerprint density at radius 2 is 1.85 bits per heavy atom. The molecular weight excluding hydrogens is 252 g/mol. The number of nitrogens with one attached hydrogen (secondary N) is 1. The predicted molar refractivity (Wildman–Crippen MR) is 80.0 cm³/mol. The molecule has 110 valence electrons. The van der Waals surface area contributed by atoms with Gasteiger partial charge in [0.15, 0.2) is 0 Å². The highest BCUT2D eigenvalue weighted by molar-refractivity contribution is 5.47. The Kier molecular flexibility index (Phi) is 4.24. The second-order valence-corrected chi connectivity index (χ2v) is 5.95. The summed E-state index contributed by atoms with van der Waals surface area (Å²) in [5.41, 5.74) is 2.10. The second kappa shape index (κ2) is 6.12. The van der Waals surface area contributed by atoms with Gasteiger partial charge in [0.1, 0.15) is 0 Å². The van der Waals surface area contributed by atoms with E-state index in [2.05, 4.69) is 34.5 Å². The second-order valence-electron chi connectivity index (χ2n) is 5.95. The molecule has 2 fully saturated rings.